The van der Waals surface area contributed by atoms with Crippen LogP contribution in [0.2, 0.25) is 0 Å². The van der Waals surface area contributed by atoms with Gasteiger partial charge < -0.3 is 5.11 Å². The Morgan fingerprint density at radius 3 is 2.61 bits per heavy atom. The second-order valence-electron chi connectivity index (χ2n) is 4.76. The smallest absolute Gasteiger partial charge is 0.254 e. The minimum absolute atomic E-state index is 0.0362. The standard InChI is InChI=1S/C11H18N2O3S2/c1-7-11(17-9(3)12-7)18(15,16)13-5-4-10(6-13)8(2)14/h8,10,14H,4-6H2,1-3H3. The van der Waals surface area contributed by atoms with Crippen molar-refractivity contribution in [3.63, 3.8) is 0 Å². The van der Waals surface area contributed by atoms with Gasteiger partial charge in [0.05, 0.1) is 16.8 Å². The van der Waals surface area contributed by atoms with Gasteiger partial charge in [-0.25, -0.2) is 13.4 Å². The van der Waals surface area contributed by atoms with Crippen molar-refractivity contribution in [3.8, 4) is 0 Å². The van der Waals surface area contributed by atoms with Crippen LogP contribution in [0.15, 0.2) is 4.21 Å². The third kappa shape index (κ3) is 2.45. The van der Waals surface area contributed by atoms with Gasteiger partial charge in [-0.2, -0.15) is 4.31 Å². The minimum atomic E-state index is -3.44. The van der Waals surface area contributed by atoms with Gasteiger partial charge in [-0.3, -0.25) is 0 Å². The van der Waals surface area contributed by atoms with Gasteiger partial charge in [0.2, 0.25) is 0 Å². The third-order valence-corrected chi connectivity index (χ3v) is 6.83. The molecule has 2 heterocycles. The summed E-state index contributed by atoms with van der Waals surface area (Å²) in [5, 5.41) is 10.3. The van der Waals surface area contributed by atoms with Gasteiger partial charge in [-0.1, -0.05) is 0 Å². The number of hydrogen-bond acceptors (Lipinski definition) is 5. The number of aliphatic hydroxyl groups is 1. The highest BCUT2D eigenvalue weighted by molar-refractivity contribution is 7.91. The SMILES string of the molecule is Cc1nc(C)c(S(=O)(=O)N2CCC(C(C)O)C2)s1. The molecule has 0 amide bonds. The van der Waals surface area contributed by atoms with Crippen molar-refractivity contribution in [2.45, 2.75) is 37.5 Å². The van der Waals surface area contributed by atoms with Crippen molar-refractivity contribution in [2.75, 3.05) is 13.1 Å². The van der Waals surface area contributed by atoms with Crippen LogP contribution in [0.5, 0.6) is 0 Å². The summed E-state index contributed by atoms with van der Waals surface area (Å²) in [5.41, 5.74) is 0.568. The van der Waals surface area contributed by atoms with Crippen LogP contribution >= 0.6 is 11.3 Å². The van der Waals surface area contributed by atoms with Crippen LogP contribution in [0.4, 0.5) is 0 Å². The Morgan fingerprint density at radius 2 is 2.17 bits per heavy atom. The van der Waals surface area contributed by atoms with Gasteiger partial charge in [-0.15, -0.1) is 11.3 Å². The molecule has 7 heteroatoms. The van der Waals surface area contributed by atoms with Crippen LogP contribution in [0.25, 0.3) is 0 Å². The van der Waals surface area contributed by atoms with Crippen LogP contribution < -0.4 is 0 Å². The first kappa shape index (κ1) is 13.9. The molecule has 0 radical (unpaired) electrons. The van der Waals surface area contributed by atoms with Crippen LogP contribution in [0.3, 0.4) is 0 Å². The number of hydrogen-bond donors (Lipinski definition) is 1. The molecule has 0 bridgehead atoms. The summed E-state index contributed by atoms with van der Waals surface area (Å²) in [6, 6.07) is 0. The van der Waals surface area contributed by atoms with Gasteiger partial charge in [0.25, 0.3) is 10.0 Å². The molecule has 0 spiro atoms. The number of aliphatic hydroxyl groups excluding tert-OH is 1. The summed E-state index contributed by atoms with van der Waals surface area (Å²) in [5.74, 6) is 0.0362. The second kappa shape index (κ2) is 4.88. The lowest BCUT2D eigenvalue weighted by Gasteiger charge is -2.16. The molecule has 1 aromatic heterocycles. The van der Waals surface area contributed by atoms with E-state index in [1.807, 2.05) is 0 Å². The van der Waals surface area contributed by atoms with E-state index in [1.165, 1.54) is 15.6 Å². The third-order valence-electron chi connectivity index (χ3n) is 3.30. The molecule has 1 aliphatic heterocycles. The van der Waals surface area contributed by atoms with Gasteiger partial charge in [0.1, 0.15) is 0 Å². The number of nitrogens with zero attached hydrogens (tertiary/aromatic N) is 2. The average Bonchev–Trinajstić information content (AvgIpc) is 2.85. The van der Waals surface area contributed by atoms with Crippen LogP contribution in [0, 0.1) is 19.8 Å². The van der Waals surface area contributed by atoms with Gasteiger partial charge in [0, 0.05) is 13.1 Å². The van der Waals surface area contributed by atoms with Crippen LogP contribution in [0.1, 0.15) is 24.0 Å². The molecule has 0 aliphatic carbocycles. The lowest BCUT2D eigenvalue weighted by Crippen LogP contribution is -2.30. The Labute approximate surface area is 112 Å². The highest BCUT2D eigenvalue weighted by Gasteiger charge is 2.36. The number of aryl methyl sites for hydroxylation is 2. The van der Waals surface area contributed by atoms with E-state index in [1.54, 1.807) is 20.8 Å². The van der Waals surface area contributed by atoms with Gasteiger partial charge in [-0.05, 0) is 33.1 Å². The molecule has 1 saturated heterocycles. The first-order chi connectivity index (χ1) is 8.32. The Morgan fingerprint density at radius 1 is 1.50 bits per heavy atom. The normalized spacial score (nSPS) is 23.4. The molecule has 2 rings (SSSR count). The van der Waals surface area contributed by atoms with E-state index in [-0.39, 0.29) is 5.92 Å². The fourth-order valence-corrected chi connectivity index (χ4v) is 5.37. The molecule has 18 heavy (non-hydrogen) atoms. The summed E-state index contributed by atoms with van der Waals surface area (Å²) in [7, 11) is -3.44. The molecule has 102 valence electrons. The molecular formula is C11H18N2O3S2. The molecule has 1 aliphatic rings. The summed E-state index contributed by atoms with van der Waals surface area (Å²) < 4.78 is 26.7. The first-order valence-corrected chi connectivity index (χ1v) is 8.20. The zero-order chi connectivity index (χ0) is 13.5. The number of aromatic nitrogens is 1. The summed E-state index contributed by atoms with van der Waals surface area (Å²) in [4.78, 5) is 4.17. The first-order valence-electron chi connectivity index (χ1n) is 5.94. The van der Waals surface area contributed by atoms with Crippen molar-refractivity contribution in [1.29, 1.82) is 0 Å². The van der Waals surface area contributed by atoms with E-state index in [2.05, 4.69) is 4.98 Å². The Balaban J connectivity index is 2.26. The monoisotopic (exact) mass is 290 g/mol. The van der Waals surface area contributed by atoms with Crippen molar-refractivity contribution < 1.29 is 13.5 Å². The van der Waals surface area contributed by atoms with Crippen molar-refractivity contribution in [1.82, 2.24) is 9.29 Å². The average molecular weight is 290 g/mol. The molecule has 2 atom stereocenters. The molecule has 1 fully saturated rings. The maximum absolute atomic E-state index is 12.5. The fraction of sp³-hybridized carbons (Fsp3) is 0.727. The molecule has 1 N–H and O–H groups in total. The fourth-order valence-electron chi connectivity index (χ4n) is 2.24. The van der Waals surface area contributed by atoms with Crippen molar-refractivity contribution in [2.24, 2.45) is 5.92 Å². The van der Waals surface area contributed by atoms with E-state index in [0.717, 1.165) is 5.01 Å². The maximum atomic E-state index is 12.5. The van der Waals surface area contributed by atoms with E-state index < -0.39 is 16.1 Å². The lowest BCUT2D eigenvalue weighted by molar-refractivity contribution is 0.133. The van der Waals surface area contributed by atoms with Gasteiger partial charge >= 0.3 is 0 Å². The quantitative estimate of drug-likeness (QED) is 0.906. The largest absolute Gasteiger partial charge is 0.393 e. The van der Waals surface area contributed by atoms with Crippen molar-refractivity contribution >= 4 is 21.4 Å². The highest BCUT2D eigenvalue weighted by Crippen LogP contribution is 2.30. The van der Waals surface area contributed by atoms with E-state index in [0.29, 0.717) is 29.4 Å². The molecule has 5 nitrogen and oxygen atoms in total. The molecule has 0 aromatic carbocycles. The van der Waals surface area contributed by atoms with E-state index in [9.17, 15) is 13.5 Å². The summed E-state index contributed by atoms with van der Waals surface area (Å²) >= 11 is 1.21. The molecule has 0 saturated carbocycles. The Bertz CT molecular complexity index is 536. The van der Waals surface area contributed by atoms with Crippen LogP contribution in [-0.4, -0.2) is 42.0 Å². The predicted molar refractivity (Wildman–Crippen MR) is 70.1 cm³/mol. The zero-order valence-electron chi connectivity index (χ0n) is 10.8. The second-order valence-corrected chi connectivity index (χ2v) is 8.09. The van der Waals surface area contributed by atoms with Gasteiger partial charge in [0.15, 0.2) is 4.21 Å². The minimum Gasteiger partial charge on any atom is -0.393 e. The molecular weight excluding hydrogens is 272 g/mol. The predicted octanol–water partition coefficient (Wildman–Crippen LogP) is 1.15. The topological polar surface area (TPSA) is 70.5 Å². The molecule has 1 aromatic rings. The highest BCUT2D eigenvalue weighted by atomic mass is 32.2. The summed E-state index contributed by atoms with van der Waals surface area (Å²) in [6.07, 6.45) is 0.253. The lowest BCUT2D eigenvalue weighted by atomic mass is 10.0. The number of rotatable bonds is 3. The Hall–Kier alpha value is -0.500. The number of thiazole rings is 1. The Kier molecular flexibility index (Phi) is 3.77. The maximum Gasteiger partial charge on any atom is 0.254 e. The van der Waals surface area contributed by atoms with E-state index in [4.69, 9.17) is 0 Å². The number of sulfonamides is 1. The van der Waals surface area contributed by atoms with Crippen LogP contribution in [-0.2, 0) is 10.0 Å². The van der Waals surface area contributed by atoms with Crippen molar-refractivity contribution in [3.05, 3.63) is 10.7 Å². The summed E-state index contributed by atoms with van der Waals surface area (Å²) in [6.45, 7) is 6.12. The zero-order valence-corrected chi connectivity index (χ0v) is 12.4. The molecule has 2 unspecified atom stereocenters. The van der Waals surface area contributed by atoms with E-state index >= 15 is 0 Å².